The van der Waals surface area contributed by atoms with Crippen LogP contribution in [0.1, 0.15) is 36.5 Å². The highest BCUT2D eigenvalue weighted by Crippen LogP contribution is 2.27. The zero-order chi connectivity index (χ0) is 9.30. The summed E-state index contributed by atoms with van der Waals surface area (Å²) >= 11 is 0. The van der Waals surface area contributed by atoms with Crippen molar-refractivity contribution in [3.63, 3.8) is 0 Å². The molecule has 12 heavy (non-hydrogen) atoms. The quantitative estimate of drug-likeness (QED) is 0.633. The molecule has 0 fully saturated rings. The van der Waals surface area contributed by atoms with Gasteiger partial charge in [-0.15, -0.1) is 0 Å². The number of rotatable bonds is 1. The summed E-state index contributed by atoms with van der Waals surface area (Å²) in [6.07, 6.45) is 0. The van der Waals surface area contributed by atoms with E-state index in [1.807, 2.05) is 6.07 Å². The lowest BCUT2D eigenvalue weighted by Gasteiger charge is -2.14. The van der Waals surface area contributed by atoms with Crippen molar-refractivity contribution in [1.82, 2.24) is 0 Å². The molecule has 0 aliphatic rings. The van der Waals surface area contributed by atoms with Crippen molar-refractivity contribution >= 4 is 5.69 Å². The maximum absolute atomic E-state index is 5.89. The summed E-state index contributed by atoms with van der Waals surface area (Å²) in [6.45, 7) is 8.62. The number of nitrogen functional groups attached to an aromatic ring is 1. The Morgan fingerprint density at radius 2 is 1.75 bits per heavy atom. The van der Waals surface area contributed by atoms with E-state index in [4.69, 9.17) is 5.73 Å². The van der Waals surface area contributed by atoms with Gasteiger partial charge < -0.3 is 5.73 Å². The Labute approximate surface area is 74.6 Å². The molecule has 2 N–H and O–H groups in total. The average Bonchev–Trinajstić information content (AvgIpc) is 1.97. The predicted octanol–water partition coefficient (Wildman–Crippen LogP) is 3.01. The lowest BCUT2D eigenvalue weighted by Crippen LogP contribution is -2.00. The maximum Gasteiger partial charge on any atom is 0.0352 e. The third-order valence-electron chi connectivity index (χ3n) is 2.40. The van der Waals surface area contributed by atoms with Gasteiger partial charge in [-0.3, -0.25) is 0 Å². The number of aryl methyl sites for hydroxylation is 1. The normalized spacial score (nSPS) is 10.8. The molecule has 1 heteroatoms. The van der Waals surface area contributed by atoms with E-state index in [9.17, 15) is 0 Å². The fourth-order valence-electron chi connectivity index (χ4n) is 1.62. The highest BCUT2D eigenvalue weighted by molar-refractivity contribution is 5.54. The molecule has 0 bridgehead atoms. The fraction of sp³-hybridized carbons (Fsp3) is 0.455. The first kappa shape index (κ1) is 9.11. The highest BCUT2D eigenvalue weighted by atomic mass is 14.6. The van der Waals surface area contributed by atoms with E-state index in [0.29, 0.717) is 5.92 Å². The van der Waals surface area contributed by atoms with Crippen LogP contribution in [0.4, 0.5) is 5.69 Å². The fourth-order valence-corrected chi connectivity index (χ4v) is 1.62. The molecule has 0 aliphatic heterocycles. The molecule has 1 aromatic carbocycles. The van der Waals surface area contributed by atoms with Crippen LogP contribution in [-0.4, -0.2) is 0 Å². The van der Waals surface area contributed by atoms with Crippen molar-refractivity contribution in [1.29, 1.82) is 0 Å². The maximum atomic E-state index is 5.89. The van der Waals surface area contributed by atoms with Crippen LogP contribution in [0.25, 0.3) is 0 Å². The molecule has 0 saturated carbocycles. The lowest BCUT2D eigenvalue weighted by atomic mass is 9.93. The molecule has 66 valence electrons. The molecule has 1 aromatic rings. The third-order valence-corrected chi connectivity index (χ3v) is 2.40. The van der Waals surface area contributed by atoms with Gasteiger partial charge in [-0.25, -0.2) is 0 Å². The van der Waals surface area contributed by atoms with Crippen LogP contribution in [0, 0.1) is 13.8 Å². The molecule has 0 unspecified atom stereocenters. The van der Waals surface area contributed by atoms with E-state index < -0.39 is 0 Å². The third kappa shape index (κ3) is 1.45. The Kier molecular flexibility index (Phi) is 2.41. The van der Waals surface area contributed by atoms with E-state index in [1.54, 1.807) is 0 Å². The van der Waals surface area contributed by atoms with Crippen LogP contribution in [-0.2, 0) is 0 Å². The largest absolute Gasteiger partial charge is 0.398 e. The van der Waals surface area contributed by atoms with Crippen molar-refractivity contribution in [2.75, 3.05) is 5.73 Å². The van der Waals surface area contributed by atoms with Crippen molar-refractivity contribution in [2.45, 2.75) is 33.6 Å². The summed E-state index contributed by atoms with van der Waals surface area (Å²) in [5.74, 6) is 0.518. The summed E-state index contributed by atoms with van der Waals surface area (Å²) in [5, 5.41) is 0. The molecule has 0 atom stereocenters. The predicted molar refractivity (Wildman–Crippen MR) is 54.4 cm³/mol. The standard InChI is InChI=1S/C11H17N/c1-7(2)11-9(4)8(3)5-6-10(11)12/h5-7H,12H2,1-4H3. The van der Waals surface area contributed by atoms with Crippen molar-refractivity contribution in [3.8, 4) is 0 Å². The van der Waals surface area contributed by atoms with Crippen molar-refractivity contribution < 1.29 is 0 Å². The molecular formula is C11H17N. The van der Waals surface area contributed by atoms with Crippen molar-refractivity contribution in [3.05, 3.63) is 28.8 Å². The van der Waals surface area contributed by atoms with Gasteiger partial charge in [0.1, 0.15) is 0 Å². The summed E-state index contributed by atoms with van der Waals surface area (Å²) < 4.78 is 0. The molecule has 1 nitrogen and oxygen atoms in total. The van der Waals surface area contributed by atoms with Gasteiger partial charge in [-0.1, -0.05) is 19.9 Å². The topological polar surface area (TPSA) is 26.0 Å². The van der Waals surface area contributed by atoms with Crippen LogP contribution >= 0.6 is 0 Å². The monoisotopic (exact) mass is 163 g/mol. The number of nitrogens with two attached hydrogens (primary N) is 1. The lowest BCUT2D eigenvalue weighted by molar-refractivity contribution is 0.857. The van der Waals surface area contributed by atoms with Crippen LogP contribution in [0.15, 0.2) is 12.1 Å². The second-order valence-electron chi connectivity index (χ2n) is 3.67. The van der Waals surface area contributed by atoms with Gasteiger partial charge in [-0.2, -0.15) is 0 Å². The Hall–Kier alpha value is -0.980. The molecule has 1 rings (SSSR count). The Morgan fingerprint density at radius 3 is 2.17 bits per heavy atom. The Morgan fingerprint density at radius 1 is 1.17 bits per heavy atom. The summed E-state index contributed by atoms with van der Waals surface area (Å²) in [6, 6.07) is 4.08. The van der Waals surface area contributed by atoms with E-state index in [0.717, 1.165) is 5.69 Å². The van der Waals surface area contributed by atoms with Crippen LogP contribution in [0.2, 0.25) is 0 Å². The Bertz CT molecular complexity index is 287. The zero-order valence-electron chi connectivity index (χ0n) is 8.31. The minimum absolute atomic E-state index is 0.518. The minimum Gasteiger partial charge on any atom is -0.398 e. The zero-order valence-corrected chi connectivity index (χ0v) is 8.31. The number of benzene rings is 1. The van der Waals surface area contributed by atoms with Gasteiger partial charge in [-0.05, 0) is 42.5 Å². The number of hydrogen-bond donors (Lipinski definition) is 1. The molecule has 0 radical (unpaired) electrons. The molecule has 0 heterocycles. The average molecular weight is 163 g/mol. The van der Waals surface area contributed by atoms with Gasteiger partial charge in [0.15, 0.2) is 0 Å². The first-order chi connectivity index (χ1) is 5.54. The molecular weight excluding hydrogens is 146 g/mol. The van der Waals surface area contributed by atoms with Gasteiger partial charge in [0.2, 0.25) is 0 Å². The molecule has 0 saturated heterocycles. The first-order valence-corrected chi connectivity index (χ1v) is 4.39. The smallest absolute Gasteiger partial charge is 0.0352 e. The first-order valence-electron chi connectivity index (χ1n) is 4.39. The van der Waals surface area contributed by atoms with E-state index in [1.165, 1.54) is 16.7 Å². The van der Waals surface area contributed by atoms with Crippen LogP contribution in [0.3, 0.4) is 0 Å². The number of hydrogen-bond acceptors (Lipinski definition) is 1. The summed E-state index contributed by atoms with van der Waals surface area (Å²) in [5.41, 5.74) is 10.8. The molecule has 0 aromatic heterocycles. The Balaban J connectivity index is 3.33. The highest BCUT2D eigenvalue weighted by Gasteiger charge is 2.08. The van der Waals surface area contributed by atoms with Crippen LogP contribution in [0.5, 0.6) is 0 Å². The van der Waals surface area contributed by atoms with E-state index >= 15 is 0 Å². The van der Waals surface area contributed by atoms with E-state index in [2.05, 4.69) is 33.8 Å². The summed E-state index contributed by atoms with van der Waals surface area (Å²) in [7, 11) is 0. The van der Waals surface area contributed by atoms with Crippen molar-refractivity contribution in [2.24, 2.45) is 0 Å². The van der Waals surface area contributed by atoms with E-state index in [-0.39, 0.29) is 0 Å². The molecule has 0 amide bonds. The van der Waals surface area contributed by atoms with Gasteiger partial charge >= 0.3 is 0 Å². The SMILES string of the molecule is Cc1ccc(N)c(C(C)C)c1C. The minimum atomic E-state index is 0.518. The van der Waals surface area contributed by atoms with Crippen LogP contribution < -0.4 is 5.73 Å². The molecule has 0 spiro atoms. The second-order valence-corrected chi connectivity index (χ2v) is 3.67. The van der Waals surface area contributed by atoms with Gasteiger partial charge in [0, 0.05) is 5.69 Å². The summed E-state index contributed by atoms with van der Waals surface area (Å²) in [4.78, 5) is 0. The van der Waals surface area contributed by atoms with Gasteiger partial charge in [0.25, 0.3) is 0 Å². The van der Waals surface area contributed by atoms with Gasteiger partial charge in [0.05, 0.1) is 0 Å². The molecule has 0 aliphatic carbocycles. The second kappa shape index (κ2) is 3.18. The number of anilines is 1.